The summed E-state index contributed by atoms with van der Waals surface area (Å²) in [5.74, 6) is 0. The summed E-state index contributed by atoms with van der Waals surface area (Å²) >= 11 is 0. The highest BCUT2D eigenvalue weighted by molar-refractivity contribution is 7.89. The maximum Gasteiger partial charge on any atom is 0.241 e. The molecule has 0 aromatic heterocycles. The van der Waals surface area contributed by atoms with Crippen LogP contribution in [0.2, 0.25) is 0 Å². The van der Waals surface area contributed by atoms with E-state index in [-0.39, 0.29) is 11.3 Å². The summed E-state index contributed by atoms with van der Waals surface area (Å²) in [6.07, 6.45) is -0.545. The lowest BCUT2D eigenvalue weighted by Crippen LogP contribution is -2.30. The Morgan fingerprint density at radius 2 is 1.33 bits per heavy atom. The summed E-state index contributed by atoms with van der Waals surface area (Å²) in [7, 11) is -3.71. The van der Waals surface area contributed by atoms with Gasteiger partial charge in [0.1, 0.15) is 0 Å². The summed E-state index contributed by atoms with van der Waals surface area (Å²) in [6, 6.07) is 24.7. The van der Waals surface area contributed by atoms with Crippen LogP contribution < -0.4 is 4.72 Å². The number of rotatable bonds is 7. The third-order valence-corrected chi connectivity index (χ3v) is 5.96. The van der Waals surface area contributed by atoms with Crippen LogP contribution in [-0.4, -0.2) is 13.5 Å². The molecular formula is C22H23NO3S. The second-order valence-electron chi connectivity index (χ2n) is 6.56. The van der Waals surface area contributed by atoms with Gasteiger partial charge in [0.15, 0.2) is 0 Å². The van der Waals surface area contributed by atoms with Crippen molar-refractivity contribution in [3.63, 3.8) is 0 Å². The molecule has 0 heterocycles. The van der Waals surface area contributed by atoms with Crippen molar-refractivity contribution in [2.45, 2.75) is 30.4 Å². The van der Waals surface area contributed by atoms with Crippen molar-refractivity contribution in [2.24, 2.45) is 0 Å². The standard InChI is InChI=1S/C22H23NO3S/c1-17-12-14-20(15-13-17)27(25,26)23-21(18-8-4-2-5-9-18)16-22(24)19-10-6-3-7-11-19/h2-15,21-24H,16H2,1H3/t21-,22?/m0/s1. The Kier molecular flexibility index (Phi) is 6.06. The number of hydrogen-bond donors (Lipinski definition) is 2. The van der Waals surface area contributed by atoms with Crippen LogP contribution in [0.5, 0.6) is 0 Å². The smallest absolute Gasteiger partial charge is 0.241 e. The number of aliphatic hydroxyl groups excluding tert-OH is 1. The van der Waals surface area contributed by atoms with Crippen molar-refractivity contribution >= 4 is 10.0 Å². The summed E-state index contributed by atoms with van der Waals surface area (Å²) < 4.78 is 28.5. The first-order valence-electron chi connectivity index (χ1n) is 8.83. The maximum absolute atomic E-state index is 12.9. The minimum atomic E-state index is -3.71. The molecule has 0 aliphatic heterocycles. The van der Waals surface area contributed by atoms with Crippen LogP contribution >= 0.6 is 0 Å². The fourth-order valence-corrected chi connectivity index (χ4v) is 4.18. The van der Waals surface area contributed by atoms with E-state index in [4.69, 9.17) is 0 Å². The van der Waals surface area contributed by atoms with Gasteiger partial charge < -0.3 is 5.11 Å². The molecule has 0 aliphatic carbocycles. The Morgan fingerprint density at radius 1 is 0.815 bits per heavy atom. The number of aliphatic hydroxyl groups is 1. The topological polar surface area (TPSA) is 66.4 Å². The van der Waals surface area contributed by atoms with Crippen molar-refractivity contribution < 1.29 is 13.5 Å². The molecule has 0 radical (unpaired) electrons. The lowest BCUT2D eigenvalue weighted by Gasteiger charge is -2.22. The number of sulfonamides is 1. The van der Waals surface area contributed by atoms with Crippen LogP contribution in [0.4, 0.5) is 0 Å². The van der Waals surface area contributed by atoms with Crippen LogP contribution in [0, 0.1) is 6.92 Å². The quantitative estimate of drug-likeness (QED) is 0.646. The minimum absolute atomic E-state index is 0.211. The molecule has 0 saturated heterocycles. The molecule has 2 atom stereocenters. The van der Waals surface area contributed by atoms with Crippen LogP contribution in [0.1, 0.15) is 35.3 Å². The van der Waals surface area contributed by atoms with E-state index in [1.165, 1.54) is 0 Å². The first-order valence-corrected chi connectivity index (χ1v) is 10.3. The third-order valence-electron chi connectivity index (χ3n) is 4.47. The SMILES string of the molecule is Cc1ccc(S(=O)(=O)N[C@@H](CC(O)c2ccccc2)c2ccccc2)cc1. The number of benzene rings is 3. The van der Waals surface area contributed by atoms with Gasteiger partial charge in [-0.05, 0) is 36.6 Å². The fraction of sp³-hybridized carbons (Fsp3) is 0.182. The monoisotopic (exact) mass is 381 g/mol. The highest BCUT2D eigenvalue weighted by Crippen LogP contribution is 2.28. The highest BCUT2D eigenvalue weighted by atomic mass is 32.2. The van der Waals surface area contributed by atoms with Gasteiger partial charge in [0.2, 0.25) is 10.0 Å². The molecule has 0 spiro atoms. The van der Waals surface area contributed by atoms with Gasteiger partial charge in [0.25, 0.3) is 0 Å². The van der Waals surface area contributed by atoms with Crippen LogP contribution in [0.25, 0.3) is 0 Å². The van der Waals surface area contributed by atoms with Crippen molar-refractivity contribution in [3.05, 3.63) is 102 Å². The molecule has 2 N–H and O–H groups in total. The molecule has 0 aliphatic rings. The normalized spacial score (nSPS) is 13.9. The van der Waals surface area contributed by atoms with Gasteiger partial charge in [-0.2, -0.15) is 0 Å². The lowest BCUT2D eigenvalue weighted by molar-refractivity contribution is 0.155. The molecule has 1 unspecified atom stereocenters. The van der Waals surface area contributed by atoms with E-state index in [9.17, 15) is 13.5 Å². The predicted octanol–water partition coefficient (Wildman–Crippen LogP) is 4.14. The van der Waals surface area contributed by atoms with E-state index in [0.29, 0.717) is 0 Å². The molecule has 3 aromatic carbocycles. The molecule has 0 amide bonds. The molecule has 4 nitrogen and oxygen atoms in total. The molecule has 0 bridgehead atoms. The van der Waals surface area contributed by atoms with E-state index >= 15 is 0 Å². The molecule has 140 valence electrons. The van der Waals surface area contributed by atoms with E-state index in [1.807, 2.05) is 67.6 Å². The molecule has 0 saturated carbocycles. The van der Waals surface area contributed by atoms with Crippen LogP contribution in [0.15, 0.2) is 89.8 Å². The van der Waals surface area contributed by atoms with Gasteiger partial charge in [-0.1, -0.05) is 78.4 Å². The van der Waals surface area contributed by atoms with Gasteiger partial charge in [-0.15, -0.1) is 0 Å². The van der Waals surface area contributed by atoms with Crippen molar-refractivity contribution in [2.75, 3.05) is 0 Å². The summed E-state index contributed by atoms with van der Waals surface area (Å²) in [5.41, 5.74) is 2.56. The Labute approximate surface area is 160 Å². The zero-order chi connectivity index (χ0) is 19.3. The molecule has 5 heteroatoms. The summed E-state index contributed by atoms with van der Waals surface area (Å²) in [5, 5.41) is 10.6. The van der Waals surface area contributed by atoms with Gasteiger partial charge in [0.05, 0.1) is 11.0 Å². The number of nitrogens with one attached hydrogen (secondary N) is 1. The van der Waals surface area contributed by atoms with Crippen LogP contribution in [-0.2, 0) is 10.0 Å². The Hall–Kier alpha value is -2.47. The van der Waals surface area contributed by atoms with Gasteiger partial charge >= 0.3 is 0 Å². The second-order valence-corrected chi connectivity index (χ2v) is 8.27. The Balaban J connectivity index is 1.87. The number of hydrogen-bond acceptors (Lipinski definition) is 3. The largest absolute Gasteiger partial charge is 0.388 e. The van der Waals surface area contributed by atoms with Gasteiger partial charge in [-0.25, -0.2) is 13.1 Å². The minimum Gasteiger partial charge on any atom is -0.388 e. The zero-order valence-corrected chi connectivity index (χ0v) is 15.9. The van der Waals surface area contributed by atoms with E-state index < -0.39 is 22.2 Å². The third kappa shape index (κ3) is 5.04. The van der Waals surface area contributed by atoms with E-state index in [2.05, 4.69) is 4.72 Å². The molecule has 27 heavy (non-hydrogen) atoms. The first-order chi connectivity index (χ1) is 13.0. The maximum atomic E-state index is 12.9. The summed E-state index contributed by atoms with van der Waals surface area (Å²) in [6.45, 7) is 1.91. The molecular weight excluding hydrogens is 358 g/mol. The van der Waals surface area contributed by atoms with Crippen LogP contribution in [0.3, 0.4) is 0 Å². The Bertz CT molecular complexity index is 955. The lowest BCUT2D eigenvalue weighted by atomic mass is 9.97. The van der Waals surface area contributed by atoms with E-state index in [0.717, 1.165) is 16.7 Å². The Morgan fingerprint density at radius 3 is 1.89 bits per heavy atom. The zero-order valence-electron chi connectivity index (χ0n) is 15.1. The number of aryl methyl sites for hydroxylation is 1. The second kappa shape index (κ2) is 8.48. The highest BCUT2D eigenvalue weighted by Gasteiger charge is 2.24. The van der Waals surface area contributed by atoms with Crippen molar-refractivity contribution in [1.82, 2.24) is 4.72 Å². The summed E-state index contributed by atoms with van der Waals surface area (Å²) in [4.78, 5) is 0.211. The fourth-order valence-electron chi connectivity index (χ4n) is 2.94. The van der Waals surface area contributed by atoms with Crippen molar-refractivity contribution in [3.8, 4) is 0 Å². The molecule has 0 fully saturated rings. The van der Waals surface area contributed by atoms with Crippen molar-refractivity contribution in [1.29, 1.82) is 0 Å². The molecule has 3 aromatic rings. The average Bonchev–Trinajstić information content (AvgIpc) is 2.69. The first kappa shape index (κ1) is 19.3. The average molecular weight is 381 g/mol. The van der Waals surface area contributed by atoms with Gasteiger partial charge in [0, 0.05) is 6.04 Å². The van der Waals surface area contributed by atoms with Gasteiger partial charge in [-0.3, -0.25) is 0 Å². The van der Waals surface area contributed by atoms with E-state index in [1.54, 1.807) is 24.3 Å². The predicted molar refractivity (Wildman–Crippen MR) is 107 cm³/mol. The molecule has 3 rings (SSSR count).